The lowest BCUT2D eigenvalue weighted by atomic mass is 10.1. The Balaban J connectivity index is 1.91. The van der Waals surface area contributed by atoms with E-state index in [0.29, 0.717) is 0 Å². The maximum absolute atomic E-state index is 12.4. The number of aryl methyl sites for hydroxylation is 3. The van der Waals surface area contributed by atoms with Crippen LogP contribution in [0.3, 0.4) is 0 Å². The predicted octanol–water partition coefficient (Wildman–Crippen LogP) is 3.57. The summed E-state index contributed by atoms with van der Waals surface area (Å²) in [5.74, 6) is -0.214. The molecule has 0 aliphatic rings. The van der Waals surface area contributed by atoms with Crippen molar-refractivity contribution in [2.75, 3.05) is 5.32 Å². The average molecular weight is 320 g/mol. The first kappa shape index (κ1) is 16.0. The zero-order valence-corrected chi connectivity index (χ0v) is 14.1. The van der Waals surface area contributed by atoms with Crippen molar-refractivity contribution in [2.24, 2.45) is 0 Å². The summed E-state index contributed by atoms with van der Waals surface area (Å²) in [6, 6.07) is 15.0. The minimum absolute atomic E-state index is 0.00739. The first-order valence-electron chi connectivity index (χ1n) is 7.92. The number of nitrogens with one attached hydrogen (secondary N) is 1. The van der Waals surface area contributed by atoms with Gasteiger partial charge in [0.15, 0.2) is 0 Å². The van der Waals surface area contributed by atoms with Crippen LogP contribution in [0.5, 0.6) is 0 Å². The van der Waals surface area contributed by atoms with E-state index >= 15 is 0 Å². The molecule has 3 rings (SSSR count). The molecule has 0 fully saturated rings. The molecular weight excluding hydrogens is 300 g/mol. The van der Waals surface area contributed by atoms with E-state index in [1.807, 2.05) is 63.2 Å². The molecule has 0 atom stereocenters. The van der Waals surface area contributed by atoms with Crippen molar-refractivity contribution in [3.8, 4) is 0 Å². The predicted molar refractivity (Wildman–Crippen MR) is 97.5 cm³/mol. The maximum Gasteiger partial charge on any atom is 0.251 e. The minimum atomic E-state index is -0.214. The van der Waals surface area contributed by atoms with Crippen LogP contribution in [0.2, 0.25) is 0 Å². The molecule has 0 aliphatic carbocycles. The Morgan fingerprint density at radius 2 is 1.71 bits per heavy atom. The van der Waals surface area contributed by atoms with Crippen LogP contribution in [-0.4, -0.2) is 10.5 Å². The number of hydrogen-bond donors (Lipinski definition) is 1. The Hall–Kier alpha value is -2.88. The van der Waals surface area contributed by atoms with Crippen molar-refractivity contribution in [3.05, 3.63) is 75.6 Å². The first-order valence-corrected chi connectivity index (χ1v) is 7.92. The fourth-order valence-corrected chi connectivity index (χ4v) is 2.83. The van der Waals surface area contributed by atoms with Gasteiger partial charge in [-0.1, -0.05) is 24.3 Å². The number of rotatable bonds is 3. The summed E-state index contributed by atoms with van der Waals surface area (Å²) in [5, 5.41) is 3.85. The van der Waals surface area contributed by atoms with Crippen LogP contribution in [0.1, 0.15) is 16.7 Å². The summed E-state index contributed by atoms with van der Waals surface area (Å²) in [5.41, 5.74) is 4.56. The lowest BCUT2D eigenvalue weighted by molar-refractivity contribution is -0.116. The van der Waals surface area contributed by atoms with Gasteiger partial charge in [-0.05, 0) is 55.7 Å². The van der Waals surface area contributed by atoms with E-state index in [1.54, 1.807) is 6.07 Å². The number of carbonyl (C=O) groups is 1. The molecule has 0 bridgehead atoms. The quantitative estimate of drug-likeness (QED) is 0.802. The fraction of sp³-hybridized carbons (Fsp3) is 0.200. The minimum Gasteiger partial charge on any atom is -0.325 e. The largest absolute Gasteiger partial charge is 0.325 e. The van der Waals surface area contributed by atoms with Gasteiger partial charge in [0, 0.05) is 17.1 Å². The van der Waals surface area contributed by atoms with Crippen molar-refractivity contribution in [2.45, 2.75) is 27.3 Å². The molecule has 0 saturated carbocycles. The number of carbonyl (C=O) groups excluding carboxylic acids is 1. The molecular formula is C20H20N2O2. The van der Waals surface area contributed by atoms with Crippen molar-refractivity contribution in [3.63, 3.8) is 0 Å². The number of anilines is 1. The topological polar surface area (TPSA) is 51.1 Å². The average Bonchev–Trinajstić information content (AvgIpc) is 2.55. The molecule has 3 aromatic rings. The molecule has 1 aromatic heterocycles. The summed E-state index contributed by atoms with van der Waals surface area (Å²) in [7, 11) is 0. The van der Waals surface area contributed by atoms with E-state index < -0.39 is 0 Å². The van der Waals surface area contributed by atoms with Gasteiger partial charge in [-0.15, -0.1) is 0 Å². The second-order valence-electron chi connectivity index (χ2n) is 6.12. The van der Waals surface area contributed by atoms with E-state index in [-0.39, 0.29) is 18.0 Å². The molecule has 2 aromatic carbocycles. The first-order chi connectivity index (χ1) is 11.5. The van der Waals surface area contributed by atoms with Crippen molar-refractivity contribution >= 4 is 22.5 Å². The smallest absolute Gasteiger partial charge is 0.251 e. The van der Waals surface area contributed by atoms with E-state index in [9.17, 15) is 9.59 Å². The molecule has 122 valence electrons. The molecule has 0 unspecified atom stereocenters. The Morgan fingerprint density at radius 1 is 0.958 bits per heavy atom. The molecule has 0 aliphatic heterocycles. The molecule has 4 nitrogen and oxygen atoms in total. The highest BCUT2D eigenvalue weighted by Crippen LogP contribution is 2.17. The molecule has 4 heteroatoms. The van der Waals surface area contributed by atoms with Gasteiger partial charge in [-0.25, -0.2) is 0 Å². The van der Waals surface area contributed by atoms with Crippen LogP contribution in [0.25, 0.3) is 10.9 Å². The molecule has 1 amide bonds. The van der Waals surface area contributed by atoms with Gasteiger partial charge >= 0.3 is 0 Å². The molecule has 0 spiro atoms. The van der Waals surface area contributed by atoms with Gasteiger partial charge in [-0.3, -0.25) is 14.2 Å². The van der Waals surface area contributed by atoms with Crippen LogP contribution >= 0.6 is 0 Å². The second-order valence-corrected chi connectivity index (χ2v) is 6.12. The van der Waals surface area contributed by atoms with Gasteiger partial charge in [0.25, 0.3) is 5.56 Å². The van der Waals surface area contributed by atoms with Gasteiger partial charge < -0.3 is 5.32 Å². The highest BCUT2D eigenvalue weighted by molar-refractivity contribution is 5.92. The molecule has 1 heterocycles. The lowest BCUT2D eigenvalue weighted by Gasteiger charge is -2.12. The standard InChI is InChI=1S/C20H20N2O2/c1-13-8-9-16(10-14(13)2)21-19(23)12-22-18-7-5-4-6-17(18)15(3)11-20(22)24/h4-11H,12H2,1-3H3,(H,21,23). The van der Waals surface area contributed by atoms with Gasteiger partial charge in [0.1, 0.15) is 6.54 Å². The third-order valence-electron chi connectivity index (χ3n) is 4.32. The van der Waals surface area contributed by atoms with E-state index in [0.717, 1.165) is 27.7 Å². The Labute approximate surface area is 140 Å². The van der Waals surface area contributed by atoms with Gasteiger partial charge in [0.05, 0.1) is 5.52 Å². The Kier molecular flexibility index (Phi) is 4.21. The SMILES string of the molecule is Cc1ccc(NC(=O)Cn2c(=O)cc(C)c3ccccc32)cc1C. The van der Waals surface area contributed by atoms with Crippen LogP contribution < -0.4 is 10.9 Å². The van der Waals surface area contributed by atoms with E-state index in [1.165, 1.54) is 10.1 Å². The maximum atomic E-state index is 12.4. The van der Waals surface area contributed by atoms with Crippen LogP contribution in [0, 0.1) is 20.8 Å². The summed E-state index contributed by atoms with van der Waals surface area (Å²) in [6.45, 7) is 5.93. The number of amides is 1. The van der Waals surface area contributed by atoms with E-state index in [4.69, 9.17) is 0 Å². The zero-order valence-electron chi connectivity index (χ0n) is 14.1. The number of fused-ring (bicyclic) bond motifs is 1. The van der Waals surface area contributed by atoms with Crippen LogP contribution in [0.15, 0.2) is 53.3 Å². The van der Waals surface area contributed by atoms with Crippen LogP contribution in [-0.2, 0) is 11.3 Å². The summed E-state index contributed by atoms with van der Waals surface area (Å²) in [4.78, 5) is 24.7. The van der Waals surface area contributed by atoms with Crippen LogP contribution in [0.4, 0.5) is 5.69 Å². The van der Waals surface area contributed by atoms with Crippen molar-refractivity contribution < 1.29 is 4.79 Å². The number of para-hydroxylation sites is 1. The third-order valence-corrected chi connectivity index (χ3v) is 4.32. The summed E-state index contributed by atoms with van der Waals surface area (Å²) < 4.78 is 1.51. The van der Waals surface area contributed by atoms with Crippen molar-refractivity contribution in [1.82, 2.24) is 4.57 Å². The fourth-order valence-electron chi connectivity index (χ4n) is 2.83. The Morgan fingerprint density at radius 3 is 2.46 bits per heavy atom. The molecule has 0 radical (unpaired) electrons. The van der Waals surface area contributed by atoms with Crippen molar-refractivity contribution in [1.29, 1.82) is 0 Å². The lowest BCUT2D eigenvalue weighted by Crippen LogP contribution is -2.27. The summed E-state index contributed by atoms with van der Waals surface area (Å²) >= 11 is 0. The molecule has 1 N–H and O–H groups in total. The highest BCUT2D eigenvalue weighted by atomic mass is 16.2. The number of nitrogens with zero attached hydrogens (tertiary/aromatic N) is 1. The molecule has 24 heavy (non-hydrogen) atoms. The third kappa shape index (κ3) is 3.08. The second kappa shape index (κ2) is 6.32. The van der Waals surface area contributed by atoms with E-state index in [2.05, 4.69) is 5.32 Å². The normalized spacial score (nSPS) is 10.8. The van der Waals surface area contributed by atoms with Gasteiger partial charge in [-0.2, -0.15) is 0 Å². The number of pyridine rings is 1. The summed E-state index contributed by atoms with van der Waals surface area (Å²) in [6.07, 6.45) is 0. The monoisotopic (exact) mass is 320 g/mol. The number of hydrogen-bond acceptors (Lipinski definition) is 2. The number of benzene rings is 2. The van der Waals surface area contributed by atoms with Gasteiger partial charge in [0.2, 0.25) is 5.91 Å². The Bertz CT molecular complexity index is 987. The highest BCUT2D eigenvalue weighted by Gasteiger charge is 2.10. The molecule has 0 saturated heterocycles. The number of aromatic nitrogens is 1. The zero-order chi connectivity index (χ0) is 17.3.